The van der Waals surface area contributed by atoms with Crippen molar-refractivity contribution in [3.05, 3.63) is 11.4 Å². The van der Waals surface area contributed by atoms with Crippen molar-refractivity contribution in [1.82, 2.24) is 14.9 Å². The Morgan fingerprint density at radius 2 is 2.00 bits per heavy atom. The first kappa shape index (κ1) is 14.6. The van der Waals surface area contributed by atoms with Gasteiger partial charge in [-0.1, -0.05) is 6.92 Å². The quantitative estimate of drug-likeness (QED) is 0.888. The van der Waals surface area contributed by atoms with Gasteiger partial charge in [0, 0.05) is 32.1 Å². The SMILES string of the molecule is CCc1nc(N)c(C)c(N(C)CC(=O)N2CCCC2)n1. The number of rotatable bonds is 4. The molecule has 1 aromatic heterocycles. The standard InChI is InChI=1S/C14H23N5O/c1-4-11-16-13(15)10(2)14(17-11)18(3)9-12(20)19-7-5-6-8-19/h4-9H2,1-3H3,(H2,15,16,17). The summed E-state index contributed by atoms with van der Waals surface area (Å²) in [5.74, 6) is 2.11. The molecule has 0 radical (unpaired) electrons. The van der Waals surface area contributed by atoms with Crippen LogP contribution in [0.1, 0.15) is 31.2 Å². The van der Waals surface area contributed by atoms with Gasteiger partial charge in [-0.15, -0.1) is 0 Å². The van der Waals surface area contributed by atoms with E-state index in [0.29, 0.717) is 18.2 Å². The van der Waals surface area contributed by atoms with Crippen molar-refractivity contribution in [3.8, 4) is 0 Å². The summed E-state index contributed by atoms with van der Waals surface area (Å²) in [6.07, 6.45) is 2.94. The van der Waals surface area contributed by atoms with Crippen molar-refractivity contribution in [2.24, 2.45) is 0 Å². The van der Waals surface area contributed by atoms with E-state index < -0.39 is 0 Å². The second-order valence-corrected chi connectivity index (χ2v) is 5.27. The number of hydrogen-bond donors (Lipinski definition) is 1. The summed E-state index contributed by atoms with van der Waals surface area (Å²) in [5.41, 5.74) is 6.75. The highest BCUT2D eigenvalue weighted by atomic mass is 16.2. The fourth-order valence-corrected chi connectivity index (χ4v) is 2.44. The third-order valence-electron chi connectivity index (χ3n) is 3.71. The van der Waals surface area contributed by atoms with E-state index in [-0.39, 0.29) is 5.91 Å². The maximum absolute atomic E-state index is 12.2. The lowest BCUT2D eigenvalue weighted by Crippen LogP contribution is -2.38. The second kappa shape index (κ2) is 6.07. The Balaban J connectivity index is 2.13. The molecule has 1 fully saturated rings. The highest BCUT2D eigenvalue weighted by Gasteiger charge is 2.21. The number of likely N-dealkylation sites (tertiary alicyclic amines) is 1. The molecule has 0 aliphatic carbocycles. The van der Waals surface area contributed by atoms with Gasteiger partial charge in [0.25, 0.3) is 0 Å². The lowest BCUT2D eigenvalue weighted by atomic mass is 10.2. The Bertz CT molecular complexity index is 497. The number of carbonyl (C=O) groups is 1. The lowest BCUT2D eigenvalue weighted by Gasteiger charge is -2.24. The van der Waals surface area contributed by atoms with Crippen LogP contribution in [-0.2, 0) is 11.2 Å². The number of aryl methyl sites for hydroxylation is 1. The first-order chi connectivity index (χ1) is 9.52. The number of amides is 1. The van der Waals surface area contributed by atoms with Crippen LogP contribution >= 0.6 is 0 Å². The summed E-state index contributed by atoms with van der Waals surface area (Å²) in [6, 6.07) is 0. The highest BCUT2D eigenvalue weighted by molar-refractivity contribution is 5.81. The van der Waals surface area contributed by atoms with Crippen molar-refractivity contribution in [2.75, 3.05) is 37.3 Å². The van der Waals surface area contributed by atoms with Crippen LogP contribution in [0.4, 0.5) is 11.6 Å². The van der Waals surface area contributed by atoms with E-state index in [1.54, 1.807) is 0 Å². The van der Waals surface area contributed by atoms with Crippen LogP contribution in [0, 0.1) is 6.92 Å². The minimum Gasteiger partial charge on any atom is -0.383 e. The smallest absolute Gasteiger partial charge is 0.242 e. The van der Waals surface area contributed by atoms with E-state index >= 15 is 0 Å². The van der Waals surface area contributed by atoms with E-state index in [1.165, 1.54) is 0 Å². The molecule has 1 aliphatic heterocycles. The molecule has 2 heterocycles. The molecule has 1 aliphatic rings. The molecule has 0 spiro atoms. The molecule has 0 aromatic carbocycles. The maximum Gasteiger partial charge on any atom is 0.242 e. The minimum atomic E-state index is 0.152. The first-order valence-corrected chi connectivity index (χ1v) is 7.14. The van der Waals surface area contributed by atoms with Crippen LogP contribution < -0.4 is 10.6 Å². The van der Waals surface area contributed by atoms with Gasteiger partial charge in [-0.25, -0.2) is 9.97 Å². The lowest BCUT2D eigenvalue weighted by molar-refractivity contribution is -0.128. The van der Waals surface area contributed by atoms with Crippen molar-refractivity contribution in [3.63, 3.8) is 0 Å². The van der Waals surface area contributed by atoms with Gasteiger partial charge in [-0.05, 0) is 19.8 Å². The number of hydrogen-bond acceptors (Lipinski definition) is 5. The number of nitrogen functional groups attached to an aromatic ring is 1. The molecule has 1 amide bonds. The molecule has 110 valence electrons. The van der Waals surface area contributed by atoms with Gasteiger partial charge < -0.3 is 15.5 Å². The highest BCUT2D eigenvalue weighted by Crippen LogP contribution is 2.21. The summed E-state index contributed by atoms with van der Waals surface area (Å²) in [4.78, 5) is 24.7. The zero-order valence-electron chi connectivity index (χ0n) is 12.5. The normalized spacial score (nSPS) is 14.7. The molecule has 0 unspecified atom stereocenters. The molecule has 1 saturated heterocycles. The van der Waals surface area contributed by atoms with E-state index in [2.05, 4.69) is 9.97 Å². The molecule has 2 N–H and O–H groups in total. The van der Waals surface area contributed by atoms with Crippen molar-refractivity contribution >= 4 is 17.5 Å². The number of carbonyl (C=O) groups excluding carboxylic acids is 1. The van der Waals surface area contributed by atoms with E-state index in [1.807, 2.05) is 30.7 Å². The minimum absolute atomic E-state index is 0.152. The third-order valence-corrected chi connectivity index (χ3v) is 3.71. The van der Waals surface area contributed by atoms with Crippen molar-refractivity contribution in [2.45, 2.75) is 33.1 Å². The summed E-state index contributed by atoms with van der Waals surface area (Å²) >= 11 is 0. The molecular weight excluding hydrogens is 254 g/mol. The van der Waals surface area contributed by atoms with E-state index in [9.17, 15) is 4.79 Å². The van der Waals surface area contributed by atoms with E-state index in [4.69, 9.17) is 5.73 Å². The van der Waals surface area contributed by atoms with Gasteiger partial charge in [-0.3, -0.25) is 4.79 Å². The van der Waals surface area contributed by atoms with Gasteiger partial charge in [0.15, 0.2) is 0 Å². The molecule has 0 saturated carbocycles. The predicted molar refractivity (Wildman–Crippen MR) is 79.6 cm³/mol. The number of anilines is 2. The van der Waals surface area contributed by atoms with E-state index in [0.717, 1.165) is 43.7 Å². The van der Waals surface area contributed by atoms with Gasteiger partial charge in [0.1, 0.15) is 17.5 Å². The monoisotopic (exact) mass is 277 g/mol. The zero-order chi connectivity index (χ0) is 14.7. The van der Waals surface area contributed by atoms with Gasteiger partial charge in [0.2, 0.25) is 5.91 Å². The van der Waals surface area contributed by atoms with Gasteiger partial charge in [0.05, 0.1) is 6.54 Å². The summed E-state index contributed by atoms with van der Waals surface area (Å²) in [6.45, 7) is 5.96. The first-order valence-electron chi connectivity index (χ1n) is 7.14. The molecule has 1 aromatic rings. The molecule has 0 bridgehead atoms. The summed E-state index contributed by atoms with van der Waals surface area (Å²) < 4.78 is 0. The van der Waals surface area contributed by atoms with Crippen LogP contribution in [-0.4, -0.2) is 47.5 Å². The molecule has 20 heavy (non-hydrogen) atoms. The average Bonchev–Trinajstić information content (AvgIpc) is 2.95. The molecule has 6 nitrogen and oxygen atoms in total. The number of aromatic nitrogens is 2. The second-order valence-electron chi connectivity index (χ2n) is 5.27. The fraction of sp³-hybridized carbons (Fsp3) is 0.643. The van der Waals surface area contributed by atoms with Gasteiger partial charge >= 0.3 is 0 Å². The molecular formula is C14H23N5O. The fourth-order valence-electron chi connectivity index (χ4n) is 2.44. The number of nitrogens with zero attached hydrogens (tertiary/aromatic N) is 4. The molecule has 2 rings (SSSR count). The van der Waals surface area contributed by atoms with Gasteiger partial charge in [-0.2, -0.15) is 0 Å². The summed E-state index contributed by atoms with van der Waals surface area (Å²) in [5, 5.41) is 0. The number of nitrogens with two attached hydrogens (primary N) is 1. The molecule has 0 atom stereocenters. The topological polar surface area (TPSA) is 75.3 Å². The van der Waals surface area contributed by atoms with Crippen LogP contribution in [0.15, 0.2) is 0 Å². The van der Waals surface area contributed by atoms with Crippen molar-refractivity contribution in [1.29, 1.82) is 0 Å². The third kappa shape index (κ3) is 3.00. The Kier molecular flexibility index (Phi) is 4.42. The number of likely N-dealkylation sites (N-methyl/N-ethyl adjacent to an activating group) is 1. The maximum atomic E-state index is 12.2. The largest absolute Gasteiger partial charge is 0.383 e. The van der Waals surface area contributed by atoms with Crippen LogP contribution in [0.3, 0.4) is 0 Å². The Morgan fingerprint density at radius 1 is 1.35 bits per heavy atom. The van der Waals surface area contributed by atoms with Crippen LogP contribution in [0.25, 0.3) is 0 Å². The van der Waals surface area contributed by atoms with Crippen LogP contribution in [0.5, 0.6) is 0 Å². The summed E-state index contributed by atoms with van der Waals surface area (Å²) in [7, 11) is 1.88. The van der Waals surface area contributed by atoms with Crippen LogP contribution in [0.2, 0.25) is 0 Å². The Labute approximate surface area is 120 Å². The molecule has 6 heteroatoms. The van der Waals surface area contributed by atoms with Crippen molar-refractivity contribution < 1.29 is 4.79 Å². The Hall–Kier alpha value is -1.85. The predicted octanol–water partition coefficient (Wildman–Crippen LogP) is 0.988. The zero-order valence-corrected chi connectivity index (χ0v) is 12.5. The Morgan fingerprint density at radius 3 is 2.60 bits per heavy atom. The average molecular weight is 277 g/mol.